The van der Waals surface area contributed by atoms with Gasteiger partial charge in [-0.2, -0.15) is 13.2 Å². The molecule has 2 aromatic carbocycles. The monoisotopic (exact) mass is 613 g/mol. The first-order valence-corrected chi connectivity index (χ1v) is 12.9. The number of benzene rings is 2. The SMILES string of the molecule is COC(=O)CCCN1CCN(C(=O)CNC(=O)/C=C/c2ccc(C(F)(F)F)cc2F)C(c2cccc(Br)c2)C1. The van der Waals surface area contributed by atoms with Gasteiger partial charge in [-0.15, -0.1) is 0 Å². The predicted molar refractivity (Wildman–Crippen MR) is 140 cm³/mol. The highest BCUT2D eigenvalue weighted by molar-refractivity contribution is 9.10. The van der Waals surface area contributed by atoms with Crippen LogP contribution in [-0.4, -0.2) is 67.4 Å². The maximum Gasteiger partial charge on any atom is 0.416 e. The number of methoxy groups -OCH3 is 1. The van der Waals surface area contributed by atoms with E-state index in [1.807, 2.05) is 24.3 Å². The summed E-state index contributed by atoms with van der Waals surface area (Å²) in [6.07, 6.45) is -1.75. The number of halogens is 5. The second-order valence-electron chi connectivity index (χ2n) is 8.92. The van der Waals surface area contributed by atoms with Crippen LogP contribution in [0.5, 0.6) is 0 Å². The van der Waals surface area contributed by atoms with Gasteiger partial charge in [0.05, 0.1) is 25.3 Å². The Bertz CT molecular complexity index is 1220. The van der Waals surface area contributed by atoms with Gasteiger partial charge in [0.25, 0.3) is 0 Å². The van der Waals surface area contributed by atoms with Crippen LogP contribution >= 0.6 is 15.9 Å². The standard InChI is InChI=1S/C27H28BrF4N3O4/c1-39-26(38)6-3-11-34-12-13-35(23(17-34)19-4-2-5-21(28)14-19)25(37)16-33-24(36)10-8-18-7-9-20(15-22(18)29)27(30,31)32/h2,4-5,7-10,14-15,23H,3,6,11-13,16-17H2,1H3,(H,33,36)/b10-8+. The van der Waals surface area contributed by atoms with Crippen molar-refractivity contribution >= 4 is 39.8 Å². The highest BCUT2D eigenvalue weighted by Gasteiger charge is 2.32. The predicted octanol–water partition coefficient (Wildman–Crippen LogP) is 4.58. The molecule has 210 valence electrons. The Labute approximate surface area is 231 Å². The van der Waals surface area contributed by atoms with Gasteiger partial charge in [-0.3, -0.25) is 19.3 Å². The normalized spacial score (nSPS) is 16.4. The molecule has 2 aromatic rings. The summed E-state index contributed by atoms with van der Waals surface area (Å²) in [5.41, 5.74) is -0.419. The van der Waals surface area contributed by atoms with Gasteiger partial charge in [0.1, 0.15) is 5.82 Å². The van der Waals surface area contributed by atoms with Crippen LogP contribution in [-0.2, 0) is 25.3 Å². The lowest BCUT2D eigenvalue weighted by atomic mass is 10.0. The summed E-state index contributed by atoms with van der Waals surface area (Å²) in [4.78, 5) is 40.7. The molecule has 1 saturated heterocycles. The fourth-order valence-electron chi connectivity index (χ4n) is 4.22. The van der Waals surface area contributed by atoms with Crippen molar-refractivity contribution in [1.29, 1.82) is 0 Å². The first-order valence-electron chi connectivity index (χ1n) is 12.1. The third-order valence-electron chi connectivity index (χ3n) is 6.26. The molecule has 3 rings (SSSR count). The summed E-state index contributed by atoms with van der Waals surface area (Å²) in [6.45, 7) is 1.86. The van der Waals surface area contributed by atoms with Crippen molar-refractivity contribution in [3.05, 3.63) is 75.5 Å². The van der Waals surface area contributed by atoms with E-state index >= 15 is 0 Å². The molecule has 1 fully saturated rings. The maximum absolute atomic E-state index is 14.0. The summed E-state index contributed by atoms with van der Waals surface area (Å²) in [6, 6.07) is 9.29. The lowest BCUT2D eigenvalue weighted by molar-refractivity contribution is -0.141. The van der Waals surface area contributed by atoms with Crippen LogP contribution in [0.4, 0.5) is 17.6 Å². The smallest absolute Gasteiger partial charge is 0.416 e. The molecule has 1 aliphatic heterocycles. The Morgan fingerprint density at radius 2 is 1.92 bits per heavy atom. The molecule has 1 heterocycles. The first-order chi connectivity index (χ1) is 18.5. The van der Waals surface area contributed by atoms with Gasteiger partial charge < -0.3 is 15.0 Å². The van der Waals surface area contributed by atoms with Gasteiger partial charge in [-0.05, 0) is 48.9 Å². The van der Waals surface area contributed by atoms with E-state index in [0.29, 0.717) is 45.1 Å². The molecule has 1 N–H and O–H groups in total. The minimum atomic E-state index is -4.68. The second-order valence-corrected chi connectivity index (χ2v) is 9.84. The van der Waals surface area contributed by atoms with Crippen molar-refractivity contribution in [2.45, 2.75) is 25.1 Å². The summed E-state index contributed by atoms with van der Waals surface area (Å²) in [5, 5.41) is 2.46. The summed E-state index contributed by atoms with van der Waals surface area (Å²) >= 11 is 3.46. The molecule has 1 atom stereocenters. The van der Waals surface area contributed by atoms with Crippen LogP contribution in [0, 0.1) is 5.82 Å². The molecule has 0 aliphatic carbocycles. The number of rotatable bonds is 9. The van der Waals surface area contributed by atoms with E-state index in [-0.39, 0.29) is 30.0 Å². The van der Waals surface area contributed by atoms with Gasteiger partial charge in [-0.1, -0.05) is 34.1 Å². The molecule has 1 unspecified atom stereocenters. The highest BCUT2D eigenvalue weighted by atomic mass is 79.9. The third kappa shape index (κ3) is 8.89. The van der Waals surface area contributed by atoms with Crippen molar-refractivity contribution in [3.8, 4) is 0 Å². The minimum Gasteiger partial charge on any atom is -0.469 e. The summed E-state index contributed by atoms with van der Waals surface area (Å²) < 4.78 is 57.7. The van der Waals surface area contributed by atoms with E-state index in [1.165, 1.54) is 7.11 Å². The van der Waals surface area contributed by atoms with E-state index < -0.39 is 23.5 Å². The number of alkyl halides is 3. The summed E-state index contributed by atoms with van der Waals surface area (Å²) in [5.74, 6) is -2.41. The van der Waals surface area contributed by atoms with Gasteiger partial charge in [0, 0.05) is 42.2 Å². The first kappa shape index (κ1) is 30.3. The molecule has 0 aromatic heterocycles. The van der Waals surface area contributed by atoms with E-state index in [0.717, 1.165) is 34.3 Å². The van der Waals surface area contributed by atoms with Crippen molar-refractivity contribution in [1.82, 2.24) is 15.1 Å². The van der Waals surface area contributed by atoms with Crippen molar-refractivity contribution in [3.63, 3.8) is 0 Å². The van der Waals surface area contributed by atoms with E-state index in [4.69, 9.17) is 0 Å². The summed E-state index contributed by atoms with van der Waals surface area (Å²) in [7, 11) is 1.34. The average molecular weight is 614 g/mol. The van der Waals surface area contributed by atoms with E-state index in [2.05, 4.69) is 30.9 Å². The number of nitrogens with zero attached hydrogens (tertiary/aromatic N) is 2. The number of carbonyl (C=O) groups excluding carboxylic acids is 3. The average Bonchev–Trinajstić information content (AvgIpc) is 2.90. The van der Waals surface area contributed by atoms with Crippen LogP contribution in [0.25, 0.3) is 6.08 Å². The number of amides is 2. The molecule has 7 nitrogen and oxygen atoms in total. The lowest BCUT2D eigenvalue weighted by Gasteiger charge is -2.42. The number of carbonyl (C=O) groups is 3. The minimum absolute atomic E-state index is 0.192. The zero-order valence-corrected chi connectivity index (χ0v) is 22.7. The molecular formula is C27H28BrF4N3O4. The van der Waals surface area contributed by atoms with Crippen LogP contribution in [0.15, 0.2) is 53.0 Å². The number of nitrogens with one attached hydrogen (secondary N) is 1. The zero-order chi connectivity index (χ0) is 28.6. The van der Waals surface area contributed by atoms with Crippen molar-refractivity contribution in [2.24, 2.45) is 0 Å². The Morgan fingerprint density at radius 1 is 1.15 bits per heavy atom. The molecule has 1 aliphatic rings. The Hall–Kier alpha value is -3.25. The third-order valence-corrected chi connectivity index (χ3v) is 6.75. The van der Waals surface area contributed by atoms with Crippen LogP contribution in [0.3, 0.4) is 0 Å². The number of hydrogen-bond donors (Lipinski definition) is 1. The van der Waals surface area contributed by atoms with Gasteiger partial charge in [0.2, 0.25) is 11.8 Å². The number of ether oxygens (including phenoxy) is 1. The largest absolute Gasteiger partial charge is 0.469 e. The fourth-order valence-corrected chi connectivity index (χ4v) is 4.63. The molecule has 0 saturated carbocycles. The Balaban J connectivity index is 1.62. The molecule has 12 heteroatoms. The maximum atomic E-state index is 14.0. The Kier molecular flexibility index (Phi) is 10.6. The Morgan fingerprint density at radius 3 is 2.59 bits per heavy atom. The quantitative estimate of drug-likeness (QED) is 0.255. The lowest BCUT2D eigenvalue weighted by Crippen LogP contribution is -2.53. The van der Waals surface area contributed by atoms with Crippen LogP contribution in [0.2, 0.25) is 0 Å². The molecule has 0 spiro atoms. The number of piperazine rings is 1. The second kappa shape index (κ2) is 13.7. The highest BCUT2D eigenvalue weighted by Crippen LogP contribution is 2.30. The van der Waals surface area contributed by atoms with Crippen molar-refractivity contribution < 1.29 is 36.7 Å². The van der Waals surface area contributed by atoms with E-state index in [1.54, 1.807) is 4.90 Å². The van der Waals surface area contributed by atoms with Crippen molar-refractivity contribution in [2.75, 3.05) is 39.8 Å². The van der Waals surface area contributed by atoms with Gasteiger partial charge in [0.15, 0.2) is 0 Å². The fraction of sp³-hybridized carbons (Fsp3) is 0.370. The molecule has 2 amide bonds. The number of hydrogen-bond acceptors (Lipinski definition) is 5. The van der Waals surface area contributed by atoms with Gasteiger partial charge in [-0.25, -0.2) is 4.39 Å². The number of esters is 1. The molecule has 39 heavy (non-hydrogen) atoms. The van der Waals surface area contributed by atoms with E-state index in [9.17, 15) is 31.9 Å². The molecule has 0 bridgehead atoms. The zero-order valence-electron chi connectivity index (χ0n) is 21.1. The molecule has 0 radical (unpaired) electrons. The topological polar surface area (TPSA) is 79.0 Å². The molecular weight excluding hydrogens is 586 g/mol. The van der Waals surface area contributed by atoms with Crippen LogP contribution < -0.4 is 5.32 Å². The van der Waals surface area contributed by atoms with Gasteiger partial charge >= 0.3 is 12.1 Å². The van der Waals surface area contributed by atoms with Crippen LogP contribution in [0.1, 0.15) is 35.6 Å².